The van der Waals surface area contributed by atoms with Gasteiger partial charge in [-0.1, -0.05) is 25.8 Å². The molecule has 0 fully saturated rings. The maximum Gasteiger partial charge on any atom is 0.264 e. The van der Waals surface area contributed by atoms with Gasteiger partial charge >= 0.3 is 0 Å². The van der Waals surface area contributed by atoms with Gasteiger partial charge in [0.05, 0.1) is 11.5 Å². The average Bonchev–Trinajstić information content (AvgIpc) is 2.78. The molecule has 0 unspecified atom stereocenters. The van der Waals surface area contributed by atoms with Gasteiger partial charge in [-0.25, -0.2) is 23.1 Å². The predicted molar refractivity (Wildman–Crippen MR) is 119 cm³/mol. The number of anilines is 2. The van der Waals surface area contributed by atoms with Crippen LogP contribution in [0.5, 0.6) is 5.75 Å². The Morgan fingerprint density at radius 2 is 1.74 bits per heavy atom. The minimum absolute atomic E-state index is 0.0170. The Balaban J connectivity index is 1.62. The fourth-order valence-corrected chi connectivity index (χ4v) is 3.68. The molecule has 8 nitrogen and oxygen atoms in total. The number of unbranched alkanes of at least 4 members (excludes halogenated alkanes) is 2. The van der Waals surface area contributed by atoms with E-state index in [9.17, 15) is 13.2 Å². The highest BCUT2D eigenvalue weighted by atomic mass is 32.2. The van der Waals surface area contributed by atoms with Crippen LogP contribution in [0.2, 0.25) is 0 Å². The lowest BCUT2D eigenvalue weighted by Crippen LogP contribution is -2.15. The van der Waals surface area contributed by atoms with Crippen molar-refractivity contribution in [1.29, 1.82) is 0 Å². The smallest absolute Gasteiger partial charge is 0.264 e. The van der Waals surface area contributed by atoms with Crippen LogP contribution in [-0.2, 0) is 10.0 Å². The van der Waals surface area contributed by atoms with E-state index in [1.807, 2.05) is 6.07 Å². The van der Waals surface area contributed by atoms with Crippen molar-refractivity contribution in [2.75, 3.05) is 16.6 Å². The monoisotopic (exact) mass is 440 g/mol. The largest absolute Gasteiger partial charge is 0.494 e. The van der Waals surface area contributed by atoms with Crippen LogP contribution in [0.4, 0.5) is 11.6 Å². The molecule has 1 amide bonds. The van der Waals surface area contributed by atoms with E-state index in [0.29, 0.717) is 23.6 Å². The van der Waals surface area contributed by atoms with Crippen molar-refractivity contribution in [3.8, 4) is 5.75 Å². The number of nitrogens with zero attached hydrogens (tertiary/aromatic N) is 2. The second-order valence-electron chi connectivity index (χ2n) is 6.74. The van der Waals surface area contributed by atoms with Gasteiger partial charge in [0.25, 0.3) is 15.9 Å². The van der Waals surface area contributed by atoms with Crippen molar-refractivity contribution in [2.24, 2.45) is 0 Å². The highest BCUT2D eigenvalue weighted by molar-refractivity contribution is 7.92. The third kappa shape index (κ3) is 6.51. The normalized spacial score (nSPS) is 11.0. The van der Waals surface area contributed by atoms with Gasteiger partial charge < -0.3 is 10.1 Å². The van der Waals surface area contributed by atoms with Gasteiger partial charge in [-0.2, -0.15) is 0 Å². The highest BCUT2D eigenvalue weighted by Crippen LogP contribution is 2.19. The summed E-state index contributed by atoms with van der Waals surface area (Å²) < 4.78 is 32.8. The van der Waals surface area contributed by atoms with Gasteiger partial charge in [0.1, 0.15) is 5.75 Å². The maximum absolute atomic E-state index is 12.6. The number of hydrogen-bond donors (Lipinski definition) is 2. The lowest BCUT2D eigenvalue weighted by molar-refractivity contribution is 0.102. The summed E-state index contributed by atoms with van der Waals surface area (Å²) in [5, 5.41) is 2.76. The average molecular weight is 441 g/mol. The van der Waals surface area contributed by atoms with E-state index in [-0.39, 0.29) is 16.8 Å². The van der Waals surface area contributed by atoms with E-state index in [4.69, 9.17) is 4.74 Å². The summed E-state index contributed by atoms with van der Waals surface area (Å²) in [6, 6.07) is 14.4. The summed E-state index contributed by atoms with van der Waals surface area (Å²) in [4.78, 5) is 20.3. The molecule has 2 aromatic carbocycles. The molecule has 0 aliphatic rings. The summed E-state index contributed by atoms with van der Waals surface area (Å²) >= 11 is 0. The van der Waals surface area contributed by atoms with Gasteiger partial charge in [-0.15, -0.1) is 0 Å². The Bertz CT molecular complexity index is 1100. The minimum atomic E-state index is -3.83. The molecule has 3 rings (SSSR count). The number of carbonyl (C=O) groups excluding carboxylic acids is 1. The Morgan fingerprint density at radius 3 is 2.45 bits per heavy atom. The number of amides is 1. The summed E-state index contributed by atoms with van der Waals surface area (Å²) in [6.45, 7) is 2.73. The molecule has 0 atom stereocenters. The van der Waals surface area contributed by atoms with Gasteiger partial charge in [0, 0.05) is 23.6 Å². The van der Waals surface area contributed by atoms with Crippen molar-refractivity contribution < 1.29 is 17.9 Å². The highest BCUT2D eigenvalue weighted by Gasteiger charge is 2.16. The molecule has 1 aromatic heterocycles. The van der Waals surface area contributed by atoms with Crippen LogP contribution in [-0.4, -0.2) is 30.9 Å². The molecule has 1 heterocycles. The van der Waals surface area contributed by atoms with Gasteiger partial charge in [0.15, 0.2) is 0 Å². The Kier molecular flexibility index (Phi) is 7.55. The van der Waals surface area contributed by atoms with E-state index < -0.39 is 10.0 Å². The van der Waals surface area contributed by atoms with Crippen LogP contribution in [0, 0.1) is 0 Å². The topological polar surface area (TPSA) is 110 Å². The quantitative estimate of drug-likeness (QED) is 0.459. The summed E-state index contributed by atoms with van der Waals surface area (Å²) in [5.74, 6) is 0.307. The SMILES string of the molecule is CCCCCOc1cccc(C(=O)Nc2ccc(S(=O)(=O)Nc3ncccn3)cc2)c1. The lowest BCUT2D eigenvalue weighted by Gasteiger charge is -2.10. The number of ether oxygens (including phenoxy) is 1. The summed E-state index contributed by atoms with van der Waals surface area (Å²) in [7, 11) is -3.83. The maximum atomic E-state index is 12.6. The predicted octanol–water partition coefficient (Wildman–Crippen LogP) is 4.10. The zero-order chi connectivity index (χ0) is 22.1. The molecule has 162 valence electrons. The van der Waals surface area contributed by atoms with E-state index in [1.54, 1.807) is 24.3 Å². The number of nitrogens with one attached hydrogen (secondary N) is 2. The fraction of sp³-hybridized carbons (Fsp3) is 0.227. The fourth-order valence-electron chi connectivity index (χ4n) is 2.72. The molecule has 0 radical (unpaired) electrons. The third-order valence-corrected chi connectivity index (χ3v) is 5.67. The first kappa shape index (κ1) is 22.2. The zero-order valence-electron chi connectivity index (χ0n) is 17.1. The van der Waals surface area contributed by atoms with Crippen LogP contribution in [0.1, 0.15) is 36.5 Å². The van der Waals surface area contributed by atoms with Crippen molar-refractivity contribution in [2.45, 2.75) is 31.1 Å². The van der Waals surface area contributed by atoms with E-state index >= 15 is 0 Å². The van der Waals surface area contributed by atoms with Crippen molar-refractivity contribution in [3.63, 3.8) is 0 Å². The first-order chi connectivity index (χ1) is 15.0. The first-order valence-corrected chi connectivity index (χ1v) is 11.4. The Labute approximate surface area is 181 Å². The van der Waals surface area contributed by atoms with Crippen LogP contribution in [0.25, 0.3) is 0 Å². The van der Waals surface area contributed by atoms with Gasteiger partial charge in [-0.05, 0) is 55.0 Å². The molecule has 0 spiro atoms. The van der Waals surface area contributed by atoms with Crippen LogP contribution in [0.3, 0.4) is 0 Å². The molecule has 0 aliphatic carbocycles. The van der Waals surface area contributed by atoms with E-state index in [0.717, 1.165) is 19.3 Å². The Hall–Kier alpha value is -3.46. The lowest BCUT2D eigenvalue weighted by atomic mass is 10.2. The number of aromatic nitrogens is 2. The van der Waals surface area contributed by atoms with E-state index in [2.05, 4.69) is 26.9 Å². The third-order valence-electron chi connectivity index (χ3n) is 4.33. The number of benzene rings is 2. The van der Waals surface area contributed by atoms with Crippen molar-refractivity contribution >= 4 is 27.6 Å². The molecule has 3 aromatic rings. The molecule has 2 N–H and O–H groups in total. The molecular weight excluding hydrogens is 416 g/mol. The second-order valence-corrected chi connectivity index (χ2v) is 8.42. The molecule has 31 heavy (non-hydrogen) atoms. The Morgan fingerprint density at radius 1 is 1.00 bits per heavy atom. The van der Waals surface area contributed by atoms with Crippen LogP contribution < -0.4 is 14.8 Å². The number of carbonyl (C=O) groups is 1. The van der Waals surface area contributed by atoms with Crippen molar-refractivity contribution in [3.05, 3.63) is 72.6 Å². The zero-order valence-corrected chi connectivity index (χ0v) is 17.9. The molecule has 0 aliphatic heterocycles. The molecular formula is C22H24N4O4S. The van der Waals surface area contributed by atoms with Crippen LogP contribution in [0.15, 0.2) is 71.9 Å². The van der Waals surface area contributed by atoms with E-state index in [1.165, 1.54) is 36.7 Å². The molecule has 0 saturated heterocycles. The van der Waals surface area contributed by atoms with Crippen molar-refractivity contribution in [1.82, 2.24) is 9.97 Å². The second kappa shape index (κ2) is 10.5. The van der Waals surface area contributed by atoms with Gasteiger partial charge in [0.2, 0.25) is 5.95 Å². The van der Waals surface area contributed by atoms with Crippen LogP contribution >= 0.6 is 0 Å². The standard InChI is InChI=1S/C22H24N4O4S/c1-2-3-4-15-30-19-8-5-7-17(16-19)21(27)25-18-9-11-20(12-10-18)31(28,29)26-22-23-13-6-14-24-22/h5-14,16H,2-4,15H2,1H3,(H,25,27)(H,23,24,26). The molecule has 0 saturated carbocycles. The molecule has 9 heteroatoms. The first-order valence-electron chi connectivity index (χ1n) is 9.92. The van der Waals surface area contributed by atoms with Gasteiger partial charge in [-0.3, -0.25) is 4.79 Å². The minimum Gasteiger partial charge on any atom is -0.494 e. The molecule has 0 bridgehead atoms. The number of sulfonamides is 1. The summed E-state index contributed by atoms with van der Waals surface area (Å²) in [5.41, 5.74) is 0.918. The number of rotatable bonds is 10. The number of hydrogen-bond acceptors (Lipinski definition) is 6. The summed E-state index contributed by atoms with van der Waals surface area (Å²) in [6.07, 6.45) is 6.05.